The van der Waals surface area contributed by atoms with Crippen molar-refractivity contribution in [2.75, 3.05) is 0 Å². The predicted molar refractivity (Wildman–Crippen MR) is 44.3 cm³/mol. The molecule has 0 amide bonds. The van der Waals surface area contributed by atoms with E-state index in [-0.39, 0.29) is 18.6 Å². The van der Waals surface area contributed by atoms with Gasteiger partial charge in [-0.05, 0) is 19.1 Å². The molecule has 1 aromatic heterocycles. The van der Waals surface area contributed by atoms with Crippen molar-refractivity contribution >= 4 is 12.3 Å². The van der Waals surface area contributed by atoms with Crippen LogP contribution in [0.4, 0.5) is 0 Å². The molecule has 0 spiro atoms. The van der Waals surface area contributed by atoms with Crippen LogP contribution in [0.5, 0.6) is 0 Å². The van der Waals surface area contributed by atoms with Crippen molar-refractivity contribution in [2.45, 2.75) is 19.6 Å². The van der Waals surface area contributed by atoms with E-state index in [2.05, 4.69) is 0 Å². The molecule has 1 unspecified atom stereocenters. The lowest BCUT2D eigenvalue weighted by Crippen LogP contribution is -2.27. The second kappa shape index (κ2) is 2.73. The van der Waals surface area contributed by atoms with E-state index in [0.717, 1.165) is 12.0 Å². The number of esters is 1. The molecule has 0 bridgehead atoms. The number of ether oxygens (including phenoxy) is 1. The van der Waals surface area contributed by atoms with Gasteiger partial charge < -0.3 is 9.30 Å². The van der Waals surface area contributed by atoms with E-state index < -0.39 is 0 Å². The van der Waals surface area contributed by atoms with Gasteiger partial charge in [-0.2, -0.15) is 0 Å². The SMILES string of the molecule is CC1C(=O)OCc2ccc(C=O)n21. The number of hydrogen-bond donors (Lipinski definition) is 0. The largest absolute Gasteiger partial charge is 0.458 e. The summed E-state index contributed by atoms with van der Waals surface area (Å²) in [4.78, 5) is 21.8. The Morgan fingerprint density at radius 2 is 2.38 bits per heavy atom. The highest BCUT2D eigenvalue weighted by molar-refractivity contribution is 5.79. The third-order valence-electron chi connectivity index (χ3n) is 2.25. The summed E-state index contributed by atoms with van der Waals surface area (Å²) in [6.07, 6.45) is 0.749. The zero-order valence-electron chi connectivity index (χ0n) is 7.19. The van der Waals surface area contributed by atoms with Crippen molar-refractivity contribution in [3.63, 3.8) is 0 Å². The minimum Gasteiger partial charge on any atom is -0.458 e. The van der Waals surface area contributed by atoms with E-state index >= 15 is 0 Å². The van der Waals surface area contributed by atoms with Crippen LogP contribution in [0, 0.1) is 0 Å². The van der Waals surface area contributed by atoms with E-state index in [0.29, 0.717) is 5.69 Å². The molecule has 0 fully saturated rings. The predicted octanol–water partition coefficient (Wildman–Crippen LogP) is 0.918. The van der Waals surface area contributed by atoms with E-state index in [9.17, 15) is 9.59 Å². The first-order valence-electron chi connectivity index (χ1n) is 4.06. The zero-order chi connectivity index (χ0) is 9.42. The molecule has 2 heterocycles. The monoisotopic (exact) mass is 179 g/mol. The number of cyclic esters (lactones) is 1. The van der Waals surface area contributed by atoms with Gasteiger partial charge in [0.2, 0.25) is 0 Å². The Hall–Kier alpha value is -1.58. The number of aromatic nitrogens is 1. The van der Waals surface area contributed by atoms with E-state index in [1.54, 1.807) is 23.6 Å². The lowest BCUT2D eigenvalue weighted by Gasteiger charge is -2.22. The molecule has 4 heteroatoms. The Kier molecular flexibility index (Phi) is 1.69. The van der Waals surface area contributed by atoms with Crippen LogP contribution >= 0.6 is 0 Å². The van der Waals surface area contributed by atoms with Gasteiger partial charge >= 0.3 is 5.97 Å². The van der Waals surface area contributed by atoms with Crippen molar-refractivity contribution < 1.29 is 14.3 Å². The Morgan fingerprint density at radius 3 is 3.08 bits per heavy atom. The normalized spacial score (nSPS) is 20.7. The molecule has 0 radical (unpaired) electrons. The van der Waals surface area contributed by atoms with Gasteiger partial charge in [-0.3, -0.25) is 4.79 Å². The summed E-state index contributed by atoms with van der Waals surface area (Å²) in [7, 11) is 0. The fraction of sp³-hybridized carbons (Fsp3) is 0.333. The highest BCUT2D eigenvalue weighted by Crippen LogP contribution is 2.22. The van der Waals surface area contributed by atoms with Crippen LogP contribution in [0.1, 0.15) is 29.1 Å². The maximum atomic E-state index is 11.2. The molecule has 0 aliphatic carbocycles. The van der Waals surface area contributed by atoms with Crippen LogP contribution < -0.4 is 0 Å². The summed E-state index contributed by atoms with van der Waals surface area (Å²) < 4.78 is 6.61. The molecule has 2 rings (SSSR count). The maximum absolute atomic E-state index is 11.2. The summed E-state index contributed by atoms with van der Waals surface area (Å²) in [5, 5.41) is 0. The molecule has 0 saturated heterocycles. The summed E-state index contributed by atoms with van der Waals surface area (Å²) >= 11 is 0. The van der Waals surface area contributed by atoms with E-state index in [1.807, 2.05) is 0 Å². The number of hydrogen-bond acceptors (Lipinski definition) is 3. The summed E-state index contributed by atoms with van der Waals surface area (Å²) in [5.41, 5.74) is 1.40. The van der Waals surface area contributed by atoms with Gasteiger partial charge in [0.25, 0.3) is 0 Å². The van der Waals surface area contributed by atoms with Crippen molar-refractivity contribution in [2.24, 2.45) is 0 Å². The second-order valence-electron chi connectivity index (χ2n) is 3.02. The molecule has 1 aromatic rings. The molecule has 0 N–H and O–H groups in total. The highest BCUT2D eigenvalue weighted by atomic mass is 16.5. The highest BCUT2D eigenvalue weighted by Gasteiger charge is 2.26. The Morgan fingerprint density at radius 1 is 1.62 bits per heavy atom. The van der Waals surface area contributed by atoms with Crippen molar-refractivity contribution in [3.8, 4) is 0 Å². The van der Waals surface area contributed by atoms with Crippen LogP contribution in [-0.2, 0) is 16.1 Å². The fourth-order valence-corrected chi connectivity index (χ4v) is 1.57. The summed E-state index contributed by atoms with van der Waals surface area (Å²) in [5.74, 6) is -0.285. The van der Waals surface area contributed by atoms with Crippen LogP contribution in [0.15, 0.2) is 12.1 Å². The molecule has 0 aromatic carbocycles. The molecular weight excluding hydrogens is 170 g/mol. The van der Waals surface area contributed by atoms with E-state index in [1.165, 1.54) is 0 Å². The molecule has 1 aliphatic rings. The fourth-order valence-electron chi connectivity index (χ4n) is 1.57. The first-order valence-corrected chi connectivity index (χ1v) is 4.06. The smallest absolute Gasteiger partial charge is 0.329 e. The summed E-state index contributed by atoms with van der Waals surface area (Å²) in [6.45, 7) is 1.98. The molecule has 13 heavy (non-hydrogen) atoms. The number of nitrogens with zero attached hydrogens (tertiary/aromatic N) is 1. The topological polar surface area (TPSA) is 48.3 Å². The minimum atomic E-state index is -0.390. The van der Waals surface area contributed by atoms with E-state index in [4.69, 9.17) is 4.74 Å². The molecule has 4 nitrogen and oxygen atoms in total. The lowest BCUT2D eigenvalue weighted by atomic mass is 10.3. The number of rotatable bonds is 1. The van der Waals surface area contributed by atoms with Gasteiger partial charge in [0.15, 0.2) is 6.29 Å². The average Bonchev–Trinajstić information content (AvgIpc) is 2.55. The van der Waals surface area contributed by atoms with Crippen LogP contribution in [-0.4, -0.2) is 16.8 Å². The number of carbonyl (C=O) groups excluding carboxylic acids is 2. The maximum Gasteiger partial charge on any atom is 0.329 e. The van der Waals surface area contributed by atoms with Gasteiger partial charge in [-0.1, -0.05) is 0 Å². The summed E-state index contributed by atoms with van der Waals surface area (Å²) in [6, 6.07) is 3.10. The molecule has 68 valence electrons. The second-order valence-corrected chi connectivity index (χ2v) is 3.02. The quantitative estimate of drug-likeness (QED) is 0.475. The van der Waals surface area contributed by atoms with Crippen molar-refractivity contribution in [1.82, 2.24) is 4.57 Å². The van der Waals surface area contributed by atoms with Gasteiger partial charge in [0.1, 0.15) is 12.6 Å². The van der Waals surface area contributed by atoms with Crippen LogP contribution in [0.25, 0.3) is 0 Å². The Balaban J connectivity index is 2.54. The standard InChI is InChI=1S/C9H9NO3/c1-6-9(12)13-5-8-3-2-7(4-11)10(6)8/h2-4,6H,5H2,1H3. The number of aldehydes is 1. The molecule has 0 saturated carbocycles. The first kappa shape index (κ1) is 8.04. The minimum absolute atomic E-state index is 0.261. The Labute approximate surface area is 75.1 Å². The van der Waals surface area contributed by atoms with Gasteiger partial charge in [0, 0.05) is 0 Å². The van der Waals surface area contributed by atoms with Crippen molar-refractivity contribution in [1.29, 1.82) is 0 Å². The zero-order valence-corrected chi connectivity index (χ0v) is 7.19. The van der Waals surface area contributed by atoms with Crippen molar-refractivity contribution in [3.05, 3.63) is 23.5 Å². The first-order chi connectivity index (χ1) is 6.24. The lowest BCUT2D eigenvalue weighted by molar-refractivity contribution is -0.151. The Bertz CT molecular complexity index is 367. The van der Waals surface area contributed by atoms with Crippen LogP contribution in [0.2, 0.25) is 0 Å². The third-order valence-corrected chi connectivity index (χ3v) is 2.25. The molecule has 1 atom stereocenters. The van der Waals surface area contributed by atoms with Gasteiger partial charge in [-0.25, -0.2) is 4.79 Å². The van der Waals surface area contributed by atoms with Gasteiger partial charge in [0.05, 0.1) is 11.4 Å². The molecular formula is C9H9NO3. The number of carbonyl (C=O) groups is 2. The van der Waals surface area contributed by atoms with Gasteiger partial charge in [-0.15, -0.1) is 0 Å². The third kappa shape index (κ3) is 1.06. The van der Waals surface area contributed by atoms with Crippen LogP contribution in [0.3, 0.4) is 0 Å². The number of fused-ring (bicyclic) bond motifs is 1. The molecule has 1 aliphatic heterocycles. The average molecular weight is 179 g/mol.